The van der Waals surface area contributed by atoms with Crippen LogP contribution in [0.3, 0.4) is 0 Å². The highest BCUT2D eigenvalue weighted by Crippen LogP contribution is 2.25. The van der Waals surface area contributed by atoms with Gasteiger partial charge in [-0.25, -0.2) is 9.97 Å². The summed E-state index contributed by atoms with van der Waals surface area (Å²) < 4.78 is 67.7. The summed E-state index contributed by atoms with van der Waals surface area (Å²) >= 11 is 0. The van der Waals surface area contributed by atoms with Gasteiger partial charge in [-0.3, -0.25) is 4.79 Å². The number of halogens is 5. The summed E-state index contributed by atoms with van der Waals surface area (Å²) in [4.78, 5) is 22.3. The van der Waals surface area contributed by atoms with Crippen molar-refractivity contribution in [1.29, 1.82) is 0 Å². The number of hydrogen-bond acceptors (Lipinski definition) is 6. The van der Waals surface area contributed by atoms with E-state index in [1.807, 2.05) is 0 Å². The third-order valence-electron chi connectivity index (χ3n) is 5.31. The van der Waals surface area contributed by atoms with Gasteiger partial charge in [0.05, 0.1) is 0 Å². The van der Waals surface area contributed by atoms with Gasteiger partial charge in [-0.15, -0.1) is 0 Å². The topological polar surface area (TPSA) is 79.4 Å². The average molecular weight is 493 g/mol. The van der Waals surface area contributed by atoms with Crippen molar-refractivity contribution in [2.24, 2.45) is 0 Å². The van der Waals surface area contributed by atoms with Gasteiger partial charge in [-0.05, 0) is 42.0 Å². The van der Waals surface area contributed by atoms with Crippen molar-refractivity contribution >= 4 is 17.5 Å². The molecule has 12 heteroatoms. The molecule has 184 valence electrons. The van der Waals surface area contributed by atoms with E-state index in [9.17, 15) is 26.7 Å². The van der Waals surface area contributed by atoms with Crippen LogP contribution in [0.1, 0.15) is 10.4 Å². The summed E-state index contributed by atoms with van der Waals surface area (Å²) in [6.07, 6.45) is -1.32. The number of anilines is 2. The Morgan fingerprint density at radius 3 is 2.29 bits per heavy atom. The third-order valence-corrected chi connectivity index (χ3v) is 5.31. The number of hydrogen-bond donors (Lipinski definition) is 2. The number of alkyl halides is 5. The molecule has 2 heterocycles. The predicted molar refractivity (Wildman–Crippen MR) is 118 cm³/mol. The first-order valence-electron chi connectivity index (χ1n) is 10.5. The van der Waals surface area contributed by atoms with E-state index in [4.69, 9.17) is 0 Å². The van der Waals surface area contributed by atoms with E-state index in [0.717, 1.165) is 0 Å². The first-order valence-corrected chi connectivity index (χ1v) is 10.5. The van der Waals surface area contributed by atoms with Crippen LogP contribution in [0.15, 0.2) is 60.9 Å². The molecule has 1 aliphatic rings. The number of nitrogens with one attached hydrogen (secondary N) is 2. The highest BCUT2D eigenvalue weighted by atomic mass is 19.4. The minimum Gasteiger partial charge on any atom is -0.435 e. The molecule has 1 aliphatic heterocycles. The summed E-state index contributed by atoms with van der Waals surface area (Å²) in [6, 6.07) is 10.6. The molecular weight excluding hydrogens is 473 g/mol. The van der Waals surface area contributed by atoms with Crippen LogP contribution in [-0.4, -0.2) is 59.2 Å². The Bertz CT molecular complexity index is 1140. The SMILES string of the molecule is O=C(c1ccc(Nc2ncc(-c3ccc(OC(F)F)cc3)cn2)cc1)N1CCNC(C(F)(F)F)C1. The molecular formula is C23H20F5N5O2. The van der Waals surface area contributed by atoms with Crippen LogP contribution in [0, 0.1) is 0 Å². The number of rotatable bonds is 6. The van der Waals surface area contributed by atoms with Gasteiger partial charge in [-0.1, -0.05) is 12.1 Å². The number of carbonyl (C=O) groups excluding carboxylic acids is 1. The van der Waals surface area contributed by atoms with Gasteiger partial charge in [0, 0.05) is 48.8 Å². The summed E-state index contributed by atoms with van der Waals surface area (Å²) in [5.74, 6) is -0.152. The quantitative estimate of drug-likeness (QED) is 0.494. The van der Waals surface area contributed by atoms with Crippen molar-refractivity contribution in [2.75, 3.05) is 25.0 Å². The minimum atomic E-state index is -4.42. The van der Waals surface area contributed by atoms with E-state index in [1.165, 1.54) is 29.2 Å². The molecule has 2 N–H and O–H groups in total. The first-order chi connectivity index (χ1) is 16.7. The van der Waals surface area contributed by atoms with E-state index in [0.29, 0.717) is 16.8 Å². The lowest BCUT2D eigenvalue weighted by Crippen LogP contribution is -2.58. The van der Waals surface area contributed by atoms with Crippen molar-refractivity contribution in [3.05, 3.63) is 66.5 Å². The Labute approximate surface area is 196 Å². The van der Waals surface area contributed by atoms with E-state index in [-0.39, 0.29) is 30.4 Å². The molecule has 1 amide bonds. The van der Waals surface area contributed by atoms with Crippen LogP contribution in [0.5, 0.6) is 5.75 Å². The highest BCUT2D eigenvalue weighted by Gasteiger charge is 2.42. The molecule has 4 rings (SSSR count). The normalized spacial score (nSPS) is 16.3. The lowest BCUT2D eigenvalue weighted by molar-refractivity contribution is -0.162. The number of aromatic nitrogens is 2. The van der Waals surface area contributed by atoms with Crippen molar-refractivity contribution in [2.45, 2.75) is 18.8 Å². The van der Waals surface area contributed by atoms with Gasteiger partial charge >= 0.3 is 12.8 Å². The number of nitrogens with zero attached hydrogens (tertiary/aromatic N) is 3. The second-order valence-electron chi connectivity index (χ2n) is 7.70. The number of piperazine rings is 1. The number of amides is 1. The zero-order valence-electron chi connectivity index (χ0n) is 18.1. The van der Waals surface area contributed by atoms with Gasteiger partial charge < -0.3 is 20.3 Å². The fourth-order valence-corrected chi connectivity index (χ4v) is 3.53. The number of ether oxygens (including phenoxy) is 1. The Morgan fingerprint density at radius 2 is 1.69 bits per heavy atom. The summed E-state index contributed by atoms with van der Waals surface area (Å²) in [6.45, 7) is -3.08. The maximum Gasteiger partial charge on any atom is 0.405 e. The maximum absolute atomic E-state index is 13.0. The van der Waals surface area contributed by atoms with Crippen LogP contribution in [-0.2, 0) is 0 Å². The fraction of sp³-hybridized carbons (Fsp3) is 0.261. The molecule has 3 aromatic rings. The standard InChI is InChI=1S/C23H20F5N5O2/c24-21(25)35-18-7-3-14(4-8-18)16-11-30-22(31-12-16)32-17-5-1-15(2-6-17)20(34)33-10-9-29-19(13-33)23(26,27)28/h1-8,11-12,19,21,29H,9-10,13H2,(H,30,31,32). The maximum atomic E-state index is 13.0. The molecule has 1 unspecified atom stereocenters. The Morgan fingerprint density at radius 1 is 1.03 bits per heavy atom. The zero-order valence-corrected chi connectivity index (χ0v) is 18.1. The first kappa shape index (κ1) is 24.3. The molecule has 0 aliphatic carbocycles. The van der Waals surface area contributed by atoms with Crippen molar-refractivity contribution < 1.29 is 31.5 Å². The molecule has 1 fully saturated rings. The van der Waals surface area contributed by atoms with Gasteiger partial charge in [0.25, 0.3) is 5.91 Å². The molecule has 1 saturated heterocycles. The number of benzene rings is 2. The molecule has 35 heavy (non-hydrogen) atoms. The molecule has 1 aromatic heterocycles. The van der Waals surface area contributed by atoms with E-state index >= 15 is 0 Å². The highest BCUT2D eigenvalue weighted by molar-refractivity contribution is 5.94. The van der Waals surface area contributed by atoms with Crippen molar-refractivity contribution in [1.82, 2.24) is 20.2 Å². The van der Waals surface area contributed by atoms with Crippen LogP contribution in [0.25, 0.3) is 11.1 Å². The molecule has 0 bridgehead atoms. The molecule has 1 atom stereocenters. The van der Waals surface area contributed by atoms with E-state index < -0.39 is 31.3 Å². The van der Waals surface area contributed by atoms with Crippen LogP contribution in [0.4, 0.5) is 33.6 Å². The summed E-state index contributed by atoms with van der Waals surface area (Å²) in [5, 5.41) is 5.36. The average Bonchev–Trinajstić information content (AvgIpc) is 2.84. The molecule has 2 aromatic carbocycles. The Kier molecular flexibility index (Phi) is 7.10. The van der Waals surface area contributed by atoms with Crippen LogP contribution < -0.4 is 15.4 Å². The largest absolute Gasteiger partial charge is 0.435 e. The van der Waals surface area contributed by atoms with Crippen molar-refractivity contribution in [3.63, 3.8) is 0 Å². The van der Waals surface area contributed by atoms with Gasteiger partial charge in [0.2, 0.25) is 5.95 Å². The Hall–Kier alpha value is -3.80. The van der Waals surface area contributed by atoms with Gasteiger partial charge in [0.15, 0.2) is 0 Å². The van der Waals surface area contributed by atoms with Crippen LogP contribution in [0.2, 0.25) is 0 Å². The second-order valence-corrected chi connectivity index (χ2v) is 7.70. The van der Waals surface area contributed by atoms with E-state index in [1.54, 1.807) is 36.7 Å². The number of carbonyl (C=O) groups is 1. The smallest absolute Gasteiger partial charge is 0.405 e. The molecule has 0 radical (unpaired) electrons. The van der Waals surface area contributed by atoms with Crippen LogP contribution >= 0.6 is 0 Å². The Balaban J connectivity index is 1.37. The molecule has 7 nitrogen and oxygen atoms in total. The predicted octanol–water partition coefficient (Wildman–Crippen LogP) is 4.46. The third kappa shape index (κ3) is 6.21. The zero-order chi connectivity index (χ0) is 25.0. The fourth-order valence-electron chi connectivity index (χ4n) is 3.53. The minimum absolute atomic E-state index is 0.0435. The molecule has 0 spiro atoms. The monoisotopic (exact) mass is 493 g/mol. The van der Waals surface area contributed by atoms with Gasteiger partial charge in [0.1, 0.15) is 11.8 Å². The van der Waals surface area contributed by atoms with Crippen molar-refractivity contribution in [3.8, 4) is 16.9 Å². The molecule has 0 saturated carbocycles. The lowest BCUT2D eigenvalue weighted by atomic mass is 10.1. The second kappa shape index (κ2) is 10.2. The summed E-state index contributed by atoms with van der Waals surface area (Å²) in [5.41, 5.74) is 2.22. The van der Waals surface area contributed by atoms with Gasteiger partial charge in [-0.2, -0.15) is 22.0 Å². The summed E-state index contributed by atoms with van der Waals surface area (Å²) in [7, 11) is 0. The lowest BCUT2D eigenvalue weighted by Gasteiger charge is -2.34. The van der Waals surface area contributed by atoms with E-state index in [2.05, 4.69) is 25.3 Å².